The molecule has 0 saturated carbocycles. The summed E-state index contributed by atoms with van der Waals surface area (Å²) in [5.41, 5.74) is 1.02. The molecule has 3 aromatic rings. The number of anilines is 1. The van der Waals surface area contributed by atoms with Crippen molar-refractivity contribution in [1.82, 2.24) is 5.32 Å². The predicted octanol–water partition coefficient (Wildman–Crippen LogP) is 5.83. The highest BCUT2D eigenvalue weighted by Gasteiger charge is 2.35. The summed E-state index contributed by atoms with van der Waals surface area (Å²) in [6, 6.07) is 13.3. The fourth-order valence-corrected chi connectivity index (χ4v) is 8.05. The normalized spacial score (nSPS) is 14.3. The van der Waals surface area contributed by atoms with Gasteiger partial charge in [-0.05, 0) is 83.5 Å². The lowest BCUT2D eigenvalue weighted by molar-refractivity contribution is -0.142. The highest BCUT2D eigenvalue weighted by molar-refractivity contribution is 7.93. The Hall–Kier alpha value is -3.12. The third-order valence-electron chi connectivity index (χ3n) is 6.61. The number of carbonyl (C=O) groups excluding carboxylic acids is 2. The Balaban J connectivity index is 1.82. The van der Waals surface area contributed by atoms with Crippen LogP contribution in [0.3, 0.4) is 0 Å². The molecular weight excluding hydrogens is 600 g/mol. The second-order valence-electron chi connectivity index (χ2n) is 10.8. The van der Waals surface area contributed by atoms with Crippen molar-refractivity contribution in [2.45, 2.75) is 57.1 Å². The van der Waals surface area contributed by atoms with Gasteiger partial charge in [-0.3, -0.25) is 4.31 Å². The van der Waals surface area contributed by atoms with E-state index in [1.54, 1.807) is 64.1 Å². The molecule has 0 unspecified atom stereocenters. The molecule has 1 saturated heterocycles. The first-order chi connectivity index (χ1) is 19.8. The highest BCUT2D eigenvalue weighted by Crippen LogP contribution is 2.44. The number of nitrogens with one attached hydrogen (secondary N) is 1. The zero-order chi connectivity index (χ0) is 30.7. The van der Waals surface area contributed by atoms with Gasteiger partial charge in [0.05, 0.1) is 17.8 Å². The lowest BCUT2D eigenvalue weighted by Gasteiger charge is -2.35. The average molecular weight is 635 g/mol. The van der Waals surface area contributed by atoms with Gasteiger partial charge in [0.2, 0.25) is 0 Å². The van der Waals surface area contributed by atoms with Crippen LogP contribution in [0.1, 0.15) is 48.8 Å². The number of hydrogen-bond acceptors (Lipinski definition) is 9. The summed E-state index contributed by atoms with van der Waals surface area (Å²) in [6.45, 7) is 8.05. The number of thiophene rings is 1. The molecule has 1 fully saturated rings. The van der Waals surface area contributed by atoms with Crippen molar-refractivity contribution in [3.63, 3.8) is 0 Å². The summed E-state index contributed by atoms with van der Waals surface area (Å²) in [7, 11) is -2.77. The molecule has 0 radical (unpaired) electrons. The molecule has 0 spiro atoms. The Morgan fingerprint density at radius 2 is 1.79 bits per heavy atom. The van der Waals surface area contributed by atoms with Gasteiger partial charge in [-0.25, -0.2) is 18.0 Å². The van der Waals surface area contributed by atoms with Gasteiger partial charge in [0.25, 0.3) is 10.0 Å². The zero-order valence-corrected chi connectivity index (χ0v) is 26.6. The number of benzene rings is 2. The third kappa shape index (κ3) is 7.08. The largest absolute Gasteiger partial charge is 0.480 e. The summed E-state index contributed by atoms with van der Waals surface area (Å²) in [6.07, 6.45) is 1.25. The van der Waals surface area contributed by atoms with Gasteiger partial charge >= 0.3 is 11.9 Å². The quantitative estimate of drug-likeness (QED) is 0.293. The van der Waals surface area contributed by atoms with Crippen molar-refractivity contribution in [2.24, 2.45) is 0 Å². The summed E-state index contributed by atoms with van der Waals surface area (Å²) in [5, 5.41) is 3.44. The standard InChI is InChI=1S/C30H35ClN2O7S2/c1-19-26(39-18-25(34)38-5)28(29(35)40-30(2,3)4)41-27(19)20-9-8-10-22(17-20)33(21-13-15-32-16-14-21)42(36,37)24-12-7-6-11-23(24)31/h6-12,17,21,32H,13-16,18H2,1-5H3. The molecule has 0 bridgehead atoms. The van der Waals surface area contributed by atoms with E-state index in [9.17, 15) is 18.0 Å². The maximum atomic E-state index is 14.1. The Kier molecular flexibility index (Phi) is 9.87. The Morgan fingerprint density at radius 3 is 2.43 bits per heavy atom. The Labute approximate surface area is 255 Å². The average Bonchev–Trinajstić information content (AvgIpc) is 3.27. The number of rotatable bonds is 9. The predicted molar refractivity (Wildman–Crippen MR) is 164 cm³/mol. The van der Waals surface area contributed by atoms with Crippen molar-refractivity contribution in [3.8, 4) is 16.2 Å². The van der Waals surface area contributed by atoms with E-state index in [1.165, 1.54) is 17.5 Å². The molecule has 1 aliphatic heterocycles. The van der Waals surface area contributed by atoms with Crippen molar-refractivity contribution in [2.75, 3.05) is 31.1 Å². The topological polar surface area (TPSA) is 111 Å². The van der Waals surface area contributed by atoms with E-state index < -0.39 is 27.6 Å². The van der Waals surface area contributed by atoms with Gasteiger partial charge < -0.3 is 19.5 Å². The minimum Gasteiger partial charge on any atom is -0.480 e. The lowest BCUT2D eigenvalue weighted by atomic mass is 10.0. The SMILES string of the molecule is COC(=O)COc1c(C(=O)OC(C)(C)C)sc(-c2cccc(N(C3CCNCC3)S(=O)(=O)c3ccccc3Cl)c2)c1C. The van der Waals surface area contributed by atoms with Gasteiger partial charge in [0, 0.05) is 16.5 Å². The number of hydrogen-bond donors (Lipinski definition) is 1. The molecule has 226 valence electrons. The van der Waals surface area contributed by atoms with E-state index >= 15 is 0 Å². The number of sulfonamides is 1. The maximum absolute atomic E-state index is 14.1. The number of piperidine rings is 1. The van der Waals surface area contributed by atoms with E-state index in [1.807, 2.05) is 6.07 Å². The van der Waals surface area contributed by atoms with E-state index in [4.69, 9.17) is 25.8 Å². The van der Waals surface area contributed by atoms with Crippen LogP contribution in [0.2, 0.25) is 5.02 Å². The molecule has 0 atom stereocenters. The molecule has 0 aliphatic carbocycles. The fraction of sp³-hybridized carbons (Fsp3) is 0.400. The first-order valence-corrected chi connectivity index (χ1v) is 16.1. The molecule has 2 heterocycles. The minimum absolute atomic E-state index is 0.0358. The van der Waals surface area contributed by atoms with Crippen LogP contribution in [0.15, 0.2) is 53.4 Å². The van der Waals surface area contributed by atoms with Crippen LogP contribution in [0.25, 0.3) is 10.4 Å². The van der Waals surface area contributed by atoms with Crippen LogP contribution in [0.4, 0.5) is 5.69 Å². The van der Waals surface area contributed by atoms with E-state index in [-0.39, 0.29) is 33.2 Å². The summed E-state index contributed by atoms with van der Waals surface area (Å²) < 4.78 is 45.8. The molecule has 0 amide bonds. The van der Waals surface area contributed by atoms with Crippen molar-refractivity contribution < 1.29 is 32.2 Å². The van der Waals surface area contributed by atoms with Crippen LogP contribution in [0.5, 0.6) is 5.75 Å². The molecule has 12 heteroatoms. The monoisotopic (exact) mass is 634 g/mol. The number of methoxy groups -OCH3 is 1. The molecule has 4 rings (SSSR count). The number of halogens is 1. The van der Waals surface area contributed by atoms with Gasteiger partial charge in [0.15, 0.2) is 11.5 Å². The summed E-state index contributed by atoms with van der Waals surface area (Å²) in [5.74, 6) is -0.962. The molecule has 1 aromatic heterocycles. The number of esters is 2. The van der Waals surface area contributed by atoms with Crippen molar-refractivity contribution in [3.05, 3.63) is 64.0 Å². The Morgan fingerprint density at radius 1 is 1.10 bits per heavy atom. The van der Waals surface area contributed by atoms with Crippen LogP contribution in [0, 0.1) is 6.92 Å². The first kappa shape index (κ1) is 31.8. The third-order valence-corrected chi connectivity index (χ3v) is 10.3. The van der Waals surface area contributed by atoms with Crippen LogP contribution in [-0.4, -0.2) is 58.8 Å². The first-order valence-electron chi connectivity index (χ1n) is 13.5. The van der Waals surface area contributed by atoms with E-state index in [2.05, 4.69) is 5.32 Å². The summed E-state index contributed by atoms with van der Waals surface area (Å²) in [4.78, 5) is 25.9. The van der Waals surface area contributed by atoms with Crippen LogP contribution >= 0.6 is 22.9 Å². The molecule has 9 nitrogen and oxygen atoms in total. The molecule has 42 heavy (non-hydrogen) atoms. The molecule has 1 aliphatic rings. The van der Waals surface area contributed by atoms with Crippen LogP contribution in [-0.2, 0) is 24.3 Å². The molecule has 2 aromatic carbocycles. The second kappa shape index (κ2) is 13.0. The number of carbonyl (C=O) groups is 2. The summed E-state index contributed by atoms with van der Waals surface area (Å²) >= 11 is 7.54. The zero-order valence-electron chi connectivity index (χ0n) is 24.2. The smallest absolute Gasteiger partial charge is 0.352 e. The number of nitrogens with zero attached hydrogens (tertiary/aromatic N) is 1. The molecular formula is C30H35ClN2O7S2. The van der Waals surface area contributed by atoms with Gasteiger partial charge in [0.1, 0.15) is 16.2 Å². The van der Waals surface area contributed by atoms with Crippen molar-refractivity contribution >= 4 is 50.6 Å². The fourth-order valence-electron chi connectivity index (χ4n) is 4.73. The minimum atomic E-state index is -4.02. The van der Waals surface area contributed by atoms with Gasteiger partial charge in [-0.1, -0.05) is 35.9 Å². The van der Waals surface area contributed by atoms with Gasteiger partial charge in [-0.15, -0.1) is 11.3 Å². The van der Waals surface area contributed by atoms with Crippen LogP contribution < -0.4 is 14.4 Å². The second-order valence-corrected chi connectivity index (χ2v) is 14.1. The van der Waals surface area contributed by atoms with Gasteiger partial charge in [-0.2, -0.15) is 0 Å². The Bertz CT molecular complexity index is 1560. The maximum Gasteiger partial charge on any atom is 0.352 e. The highest BCUT2D eigenvalue weighted by atomic mass is 35.5. The number of ether oxygens (including phenoxy) is 3. The van der Waals surface area contributed by atoms with E-state index in [0.29, 0.717) is 47.6 Å². The van der Waals surface area contributed by atoms with Crippen molar-refractivity contribution in [1.29, 1.82) is 0 Å². The molecule has 1 N–H and O–H groups in total. The van der Waals surface area contributed by atoms with E-state index in [0.717, 1.165) is 11.3 Å². The lowest BCUT2D eigenvalue weighted by Crippen LogP contribution is -2.46.